The Morgan fingerprint density at radius 1 is 1.39 bits per heavy atom. The van der Waals surface area contributed by atoms with Gasteiger partial charge in [0.05, 0.1) is 6.54 Å². The number of aryl methyl sites for hydroxylation is 2. The van der Waals surface area contributed by atoms with Crippen LogP contribution in [0.1, 0.15) is 44.8 Å². The molecule has 1 fully saturated rings. The number of nitrogens with zero attached hydrogens (tertiary/aromatic N) is 4. The molecule has 0 spiro atoms. The van der Waals surface area contributed by atoms with Gasteiger partial charge in [-0.15, -0.1) is 0 Å². The Kier molecular flexibility index (Phi) is 7.32. The highest BCUT2D eigenvalue weighted by Gasteiger charge is 2.22. The third kappa shape index (κ3) is 5.82. The van der Waals surface area contributed by atoms with Crippen LogP contribution in [0.25, 0.3) is 0 Å². The number of likely N-dealkylation sites (N-methyl/N-ethyl adjacent to an activating group) is 1. The highest BCUT2D eigenvalue weighted by molar-refractivity contribution is 5.79. The summed E-state index contributed by atoms with van der Waals surface area (Å²) in [5.41, 5.74) is 0. The van der Waals surface area contributed by atoms with E-state index < -0.39 is 0 Å². The first-order valence-corrected chi connectivity index (χ1v) is 8.78. The van der Waals surface area contributed by atoms with Gasteiger partial charge in [0.1, 0.15) is 0 Å². The van der Waals surface area contributed by atoms with Crippen molar-refractivity contribution in [1.82, 2.24) is 25.7 Å². The normalized spacial score (nSPS) is 19.3. The van der Waals surface area contributed by atoms with Crippen molar-refractivity contribution in [2.75, 3.05) is 32.7 Å². The van der Waals surface area contributed by atoms with E-state index >= 15 is 0 Å². The molecule has 1 aromatic heterocycles. The summed E-state index contributed by atoms with van der Waals surface area (Å²) in [4.78, 5) is 11.5. The minimum atomic E-state index is 0.594. The predicted octanol–water partition coefficient (Wildman–Crippen LogP) is 1.35. The molecule has 0 aromatic carbocycles. The molecule has 2 rings (SSSR count). The highest BCUT2D eigenvalue weighted by atomic mass is 16.5. The Morgan fingerprint density at radius 2 is 2.26 bits per heavy atom. The van der Waals surface area contributed by atoms with Crippen molar-refractivity contribution in [3.8, 4) is 0 Å². The number of hydrogen-bond acceptors (Lipinski definition) is 5. The summed E-state index contributed by atoms with van der Waals surface area (Å²) in [7, 11) is 0. The topological polar surface area (TPSA) is 78.6 Å². The van der Waals surface area contributed by atoms with Crippen LogP contribution in [-0.2, 0) is 6.42 Å². The molecule has 7 heteroatoms. The number of nitrogens with one attached hydrogen (secondary N) is 2. The molecular weight excluding hydrogens is 292 g/mol. The molecule has 1 aliphatic rings. The third-order valence-electron chi connectivity index (χ3n) is 4.14. The van der Waals surface area contributed by atoms with Gasteiger partial charge in [0.25, 0.3) is 0 Å². The molecule has 0 bridgehead atoms. The fourth-order valence-electron chi connectivity index (χ4n) is 2.94. The maximum atomic E-state index is 5.12. The summed E-state index contributed by atoms with van der Waals surface area (Å²) in [6.45, 7) is 11.1. The Hall–Kier alpha value is -1.63. The van der Waals surface area contributed by atoms with Gasteiger partial charge >= 0.3 is 0 Å². The molecule has 1 unspecified atom stereocenters. The van der Waals surface area contributed by atoms with Gasteiger partial charge in [-0.3, -0.25) is 9.89 Å². The van der Waals surface area contributed by atoms with E-state index in [1.54, 1.807) is 0 Å². The maximum absolute atomic E-state index is 5.12. The molecule has 0 radical (unpaired) electrons. The Labute approximate surface area is 138 Å². The van der Waals surface area contributed by atoms with Gasteiger partial charge in [0, 0.05) is 25.6 Å². The second-order valence-corrected chi connectivity index (χ2v) is 5.91. The largest absolute Gasteiger partial charge is 0.357 e. The van der Waals surface area contributed by atoms with E-state index in [1.165, 1.54) is 19.4 Å². The molecular formula is C16H30N6O. The molecule has 1 aliphatic heterocycles. The molecule has 0 saturated carbocycles. The van der Waals surface area contributed by atoms with E-state index in [2.05, 4.69) is 39.5 Å². The van der Waals surface area contributed by atoms with Crippen molar-refractivity contribution >= 4 is 5.96 Å². The summed E-state index contributed by atoms with van der Waals surface area (Å²) in [5, 5.41) is 10.5. The van der Waals surface area contributed by atoms with Crippen LogP contribution in [0.15, 0.2) is 9.52 Å². The molecule has 1 aromatic rings. The van der Waals surface area contributed by atoms with Crippen molar-refractivity contribution in [3.05, 3.63) is 11.7 Å². The summed E-state index contributed by atoms with van der Waals surface area (Å²) >= 11 is 0. The standard InChI is InChI=1S/C16H30N6O/c1-4-17-16(19-12-14-8-7-11-22(14)5-2)18-10-6-9-15-20-13(3)21-23-15/h14H,4-12H2,1-3H3,(H2,17,18,19). The maximum Gasteiger partial charge on any atom is 0.226 e. The molecule has 23 heavy (non-hydrogen) atoms. The smallest absolute Gasteiger partial charge is 0.226 e. The second-order valence-electron chi connectivity index (χ2n) is 5.91. The summed E-state index contributed by atoms with van der Waals surface area (Å²) in [5.74, 6) is 2.30. The van der Waals surface area contributed by atoms with E-state index in [4.69, 9.17) is 9.52 Å². The Bertz CT molecular complexity index is 487. The van der Waals surface area contributed by atoms with E-state index in [-0.39, 0.29) is 0 Å². The second kappa shape index (κ2) is 9.50. The van der Waals surface area contributed by atoms with Crippen LogP contribution < -0.4 is 10.6 Å². The number of guanidine groups is 1. The molecule has 1 atom stereocenters. The fraction of sp³-hybridized carbons (Fsp3) is 0.812. The van der Waals surface area contributed by atoms with Crippen LogP contribution in [0, 0.1) is 6.92 Å². The van der Waals surface area contributed by atoms with Gasteiger partial charge in [-0.05, 0) is 46.2 Å². The Morgan fingerprint density at radius 3 is 2.96 bits per heavy atom. The van der Waals surface area contributed by atoms with Gasteiger partial charge in [0.15, 0.2) is 11.8 Å². The zero-order valence-corrected chi connectivity index (χ0v) is 14.6. The van der Waals surface area contributed by atoms with Crippen molar-refractivity contribution < 1.29 is 4.52 Å². The summed E-state index contributed by atoms with van der Waals surface area (Å²) in [6.07, 6.45) is 4.28. The molecule has 1 saturated heterocycles. The van der Waals surface area contributed by atoms with Crippen LogP contribution in [0.5, 0.6) is 0 Å². The van der Waals surface area contributed by atoms with Crippen molar-refractivity contribution in [1.29, 1.82) is 0 Å². The van der Waals surface area contributed by atoms with E-state index in [9.17, 15) is 0 Å². The van der Waals surface area contributed by atoms with Crippen molar-refractivity contribution in [2.24, 2.45) is 4.99 Å². The summed E-state index contributed by atoms with van der Waals surface area (Å²) < 4.78 is 5.12. The molecule has 130 valence electrons. The fourth-order valence-corrected chi connectivity index (χ4v) is 2.94. The number of likely N-dealkylation sites (tertiary alicyclic amines) is 1. The first-order chi connectivity index (χ1) is 11.2. The molecule has 0 amide bonds. The molecule has 2 N–H and O–H groups in total. The van der Waals surface area contributed by atoms with E-state index in [1.807, 2.05) is 6.92 Å². The van der Waals surface area contributed by atoms with Gasteiger partial charge in [-0.25, -0.2) is 0 Å². The minimum absolute atomic E-state index is 0.594. The van der Waals surface area contributed by atoms with Crippen LogP contribution >= 0.6 is 0 Å². The van der Waals surface area contributed by atoms with Crippen LogP contribution in [0.2, 0.25) is 0 Å². The first-order valence-electron chi connectivity index (χ1n) is 8.78. The molecule has 0 aliphatic carbocycles. The SMILES string of the molecule is CCNC(=NCC1CCCN1CC)NCCCc1nc(C)no1. The third-order valence-corrected chi connectivity index (χ3v) is 4.14. The number of aliphatic imine (C=N–C) groups is 1. The number of rotatable bonds is 8. The van der Waals surface area contributed by atoms with Crippen LogP contribution in [-0.4, -0.2) is 59.8 Å². The highest BCUT2D eigenvalue weighted by Crippen LogP contribution is 2.16. The number of aromatic nitrogens is 2. The molecule has 2 heterocycles. The number of hydrogen-bond donors (Lipinski definition) is 2. The molecule has 7 nitrogen and oxygen atoms in total. The lowest BCUT2D eigenvalue weighted by Gasteiger charge is -2.21. The lowest BCUT2D eigenvalue weighted by Crippen LogP contribution is -2.39. The quantitative estimate of drug-likeness (QED) is 0.427. The van der Waals surface area contributed by atoms with E-state index in [0.717, 1.165) is 45.0 Å². The van der Waals surface area contributed by atoms with Crippen molar-refractivity contribution in [2.45, 2.75) is 52.5 Å². The lowest BCUT2D eigenvalue weighted by atomic mass is 10.2. The van der Waals surface area contributed by atoms with Crippen LogP contribution in [0.3, 0.4) is 0 Å². The summed E-state index contributed by atoms with van der Waals surface area (Å²) in [6, 6.07) is 0.594. The lowest BCUT2D eigenvalue weighted by molar-refractivity contribution is 0.273. The zero-order valence-electron chi connectivity index (χ0n) is 14.6. The van der Waals surface area contributed by atoms with Crippen LogP contribution in [0.4, 0.5) is 0 Å². The Balaban J connectivity index is 1.72. The average molecular weight is 322 g/mol. The van der Waals surface area contributed by atoms with E-state index in [0.29, 0.717) is 17.8 Å². The van der Waals surface area contributed by atoms with Gasteiger partial charge < -0.3 is 15.2 Å². The first kappa shape index (κ1) is 17.7. The van der Waals surface area contributed by atoms with Gasteiger partial charge in [0.2, 0.25) is 5.89 Å². The van der Waals surface area contributed by atoms with Gasteiger partial charge in [-0.2, -0.15) is 4.98 Å². The van der Waals surface area contributed by atoms with Gasteiger partial charge in [-0.1, -0.05) is 12.1 Å². The average Bonchev–Trinajstić information content (AvgIpc) is 3.17. The monoisotopic (exact) mass is 322 g/mol. The predicted molar refractivity (Wildman–Crippen MR) is 91.6 cm³/mol. The minimum Gasteiger partial charge on any atom is -0.357 e. The zero-order chi connectivity index (χ0) is 16.5. The van der Waals surface area contributed by atoms with Crippen molar-refractivity contribution in [3.63, 3.8) is 0 Å².